The van der Waals surface area contributed by atoms with Gasteiger partial charge < -0.3 is 14.6 Å². The van der Waals surface area contributed by atoms with E-state index in [1.807, 2.05) is 36.7 Å². The fraction of sp³-hybridized carbons (Fsp3) is 0.348. The Kier molecular flexibility index (Phi) is 6.04. The Morgan fingerprint density at radius 1 is 0.906 bits per heavy atom. The van der Waals surface area contributed by atoms with Crippen molar-refractivity contribution in [1.29, 1.82) is 0 Å². The van der Waals surface area contributed by atoms with Gasteiger partial charge in [0.2, 0.25) is 11.9 Å². The van der Waals surface area contributed by atoms with E-state index in [4.69, 9.17) is 9.72 Å². The first-order valence-electron chi connectivity index (χ1n) is 11.1. The van der Waals surface area contributed by atoms with Crippen molar-refractivity contribution in [1.82, 2.24) is 29.5 Å². The second-order valence-electron chi connectivity index (χ2n) is 7.80. The maximum absolute atomic E-state index is 5.80. The lowest BCUT2D eigenvalue weighted by Gasteiger charge is -2.23. The van der Waals surface area contributed by atoms with E-state index in [-0.39, 0.29) is 0 Å². The summed E-state index contributed by atoms with van der Waals surface area (Å²) in [7, 11) is 0. The molecular formula is C23H26N8O. The second kappa shape index (κ2) is 9.59. The van der Waals surface area contributed by atoms with E-state index in [1.165, 1.54) is 19.3 Å². The van der Waals surface area contributed by atoms with Crippen LogP contribution in [-0.4, -0.2) is 42.6 Å². The van der Waals surface area contributed by atoms with E-state index in [2.05, 4.69) is 35.1 Å². The molecule has 0 unspecified atom stereocenters. The molecule has 9 heteroatoms. The molecule has 164 valence electrons. The Labute approximate surface area is 186 Å². The van der Waals surface area contributed by atoms with Gasteiger partial charge in [-0.15, -0.1) is 0 Å². The van der Waals surface area contributed by atoms with E-state index in [1.54, 1.807) is 18.5 Å². The van der Waals surface area contributed by atoms with Gasteiger partial charge in [0.15, 0.2) is 17.0 Å². The van der Waals surface area contributed by atoms with Crippen LogP contribution in [-0.2, 0) is 0 Å². The molecule has 1 aromatic carbocycles. The van der Waals surface area contributed by atoms with Crippen molar-refractivity contribution in [2.75, 3.05) is 23.8 Å². The summed E-state index contributed by atoms with van der Waals surface area (Å²) in [6.07, 6.45) is 11.3. The molecular weight excluding hydrogens is 404 g/mol. The first-order valence-corrected chi connectivity index (χ1v) is 11.1. The molecule has 0 amide bonds. The summed E-state index contributed by atoms with van der Waals surface area (Å²) >= 11 is 0. The summed E-state index contributed by atoms with van der Waals surface area (Å²) in [5.74, 6) is 2.40. The minimum absolute atomic E-state index is 0.415. The number of fused-ring (bicyclic) bond motifs is 1. The molecule has 9 nitrogen and oxygen atoms in total. The standard InChI is InChI=1S/C23H26N8O/c1-3-8-17(9-4-1)31-16-27-19-20(24-14-15-32-18-10-5-2-6-11-18)28-23(29-21(19)31)30-22-25-12-7-13-26-22/h2,5-7,10-13,16-17H,1,3-4,8-9,14-15H2,(H2,24,25,26,28,29,30). The van der Waals surface area contributed by atoms with Crippen molar-refractivity contribution >= 4 is 28.9 Å². The van der Waals surface area contributed by atoms with Gasteiger partial charge in [0.1, 0.15) is 12.4 Å². The van der Waals surface area contributed by atoms with Gasteiger partial charge in [-0.3, -0.25) is 5.32 Å². The highest BCUT2D eigenvalue weighted by atomic mass is 16.5. The summed E-state index contributed by atoms with van der Waals surface area (Å²) in [4.78, 5) is 22.5. The quantitative estimate of drug-likeness (QED) is 0.398. The lowest BCUT2D eigenvalue weighted by molar-refractivity contribution is 0.333. The number of anilines is 3. The van der Waals surface area contributed by atoms with Gasteiger partial charge in [0, 0.05) is 18.4 Å². The van der Waals surface area contributed by atoms with Crippen molar-refractivity contribution < 1.29 is 4.74 Å². The molecule has 5 rings (SSSR count). The number of hydrogen-bond donors (Lipinski definition) is 2. The Morgan fingerprint density at radius 3 is 2.53 bits per heavy atom. The third kappa shape index (κ3) is 4.61. The maximum Gasteiger partial charge on any atom is 0.233 e. The second-order valence-corrected chi connectivity index (χ2v) is 7.80. The largest absolute Gasteiger partial charge is 0.492 e. The maximum atomic E-state index is 5.80. The lowest BCUT2D eigenvalue weighted by Crippen LogP contribution is -2.15. The molecule has 4 aromatic rings. The highest BCUT2D eigenvalue weighted by molar-refractivity contribution is 5.84. The third-order valence-corrected chi connectivity index (χ3v) is 5.59. The molecule has 0 radical (unpaired) electrons. The summed E-state index contributed by atoms with van der Waals surface area (Å²) < 4.78 is 7.99. The number of hydrogen-bond acceptors (Lipinski definition) is 8. The van der Waals surface area contributed by atoms with Crippen LogP contribution >= 0.6 is 0 Å². The van der Waals surface area contributed by atoms with Crippen LogP contribution in [0.25, 0.3) is 11.2 Å². The molecule has 0 aliphatic heterocycles. The number of nitrogens with zero attached hydrogens (tertiary/aromatic N) is 6. The molecule has 1 fully saturated rings. The third-order valence-electron chi connectivity index (χ3n) is 5.59. The number of para-hydroxylation sites is 1. The van der Waals surface area contributed by atoms with Crippen molar-refractivity contribution in [3.8, 4) is 5.75 Å². The highest BCUT2D eigenvalue weighted by Crippen LogP contribution is 2.32. The fourth-order valence-electron chi connectivity index (χ4n) is 4.04. The molecule has 0 saturated heterocycles. The van der Waals surface area contributed by atoms with Gasteiger partial charge in [0.05, 0.1) is 12.9 Å². The summed E-state index contributed by atoms with van der Waals surface area (Å²) in [5, 5.41) is 6.48. The number of imidazole rings is 1. The van der Waals surface area contributed by atoms with Crippen molar-refractivity contribution in [2.45, 2.75) is 38.1 Å². The Hall–Kier alpha value is -3.75. The number of ether oxygens (including phenoxy) is 1. The van der Waals surface area contributed by atoms with Crippen LogP contribution in [0.3, 0.4) is 0 Å². The minimum Gasteiger partial charge on any atom is -0.492 e. The molecule has 0 bridgehead atoms. The van der Waals surface area contributed by atoms with Crippen LogP contribution in [0.4, 0.5) is 17.7 Å². The summed E-state index contributed by atoms with van der Waals surface area (Å²) in [6, 6.07) is 12.0. The predicted molar refractivity (Wildman–Crippen MR) is 123 cm³/mol. The van der Waals surface area contributed by atoms with Gasteiger partial charge in [-0.25, -0.2) is 15.0 Å². The Balaban J connectivity index is 1.39. The average molecular weight is 431 g/mol. The van der Waals surface area contributed by atoms with Gasteiger partial charge >= 0.3 is 0 Å². The Morgan fingerprint density at radius 2 is 1.72 bits per heavy atom. The normalized spacial score (nSPS) is 14.4. The lowest BCUT2D eigenvalue weighted by atomic mass is 9.95. The average Bonchev–Trinajstić information content (AvgIpc) is 3.28. The number of benzene rings is 1. The molecule has 1 aliphatic rings. The van der Waals surface area contributed by atoms with E-state index in [0.717, 1.165) is 29.8 Å². The molecule has 1 saturated carbocycles. The minimum atomic E-state index is 0.415. The first kappa shape index (κ1) is 20.2. The van der Waals surface area contributed by atoms with Crippen LogP contribution in [0, 0.1) is 0 Å². The number of nitrogens with one attached hydrogen (secondary N) is 2. The van der Waals surface area contributed by atoms with Crippen LogP contribution in [0.15, 0.2) is 55.1 Å². The zero-order chi connectivity index (χ0) is 21.6. The van der Waals surface area contributed by atoms with Crippen LogP contribution < -0.4 is 15.4 Å². The molecule has 0 atom stereocenters. The van der Waals surface area contributed by atoms with Gasteiger partial charge in [0.25, 0.3) is 0 Å². The predicted octanol–water partition coefficient (Wildman–Crippen LogP) is 4.36. The summed E-state index contributed by atoms with van der Waals surface area (Å²) in [5.41, 5.74) is 1.58. The van der Waals surface area contributed by atoms with Crippen molar-refractivity contribution in [3.05, 3.63) is 55.1 Å². The molecule has 0 spiro atoms. The van der Waals surface area contributed by atoms with E-state index in [9.17, 15) is 0 Å². The zero-order valence-corrected chi connectivity index (χ0v) is 17.8. The topological polar surface area (TPSA) is 103 Å². The molecule has 2 N–H and O–H groups in total. The van der Waals surface area contributed by atoms with E-state index >= 15 is 0 Å². The molecule has 3 heterocycles. The molecule has 1 aliphatic carbocycles. The Bertz CT molecular complexity index is 1140. The van der Waals surface area contributed by atoms with Gasteiger partial charge in [-0.1, -0.05) is 37.5 Å². The number of rotatable bonds is 8. The van der Waals surface area contributed by atoms with E-state index in [0.29, 0.717) is 36.9 Å². The zero-order valence-electron chi connectivity index (χ0n) is 17.8. The highest BCUT2D eigenvalue weighted by Gasteiger charge is 2.21. The van der Waals surface area contributed by atoms with Crippen molar-refractivity contribution in [3.63, 3.8) is 0 Å². The SMILES string of the molecule is c1ccc(OCCNc2nc(Nc3ncccn3)nc3c2ncn3C2CCCCC2)cc1. The van der Waals surface area contributed by atoms with Crippen LogP contribution in [0.1, 0.15) is 38.1 Å². The summed E-state index contributed by atoms with van der Waals surface area (Å²) in [6.45, 7) is 1.09. The first-order chi connectivity index (χ1) is 15.9. The van der Waals surface area contributed by atoms with E-state index < -0.39 is 0 Å². The smallest absolute Gasteiger partial charge is 0.233 e. The number of aromatic nitrogens is 6. The monoisotopic (exact) mass is 430 g/mol. The van der Waals surface area contributed by atoms with Crippen LogP contribution in [0.5, 0.6) is 5.75 Å². The molecule has 32 heavy (non-hydrogen) atoms. The van der Waals surface area contributed by atoms with Crippen LogP contribution in [0.2, 0.25) is 0 Å². The van der Waals surface area contributed by atoms with Gasteiger partial charge in [-0.2, -0.15) is 9.97 Å². The molecule has 3 aromatic heterocycles. The fourth-order valence-corrected chi connectivity index (χ4v) is 4.04. The van der Waals surface area contributed by atoms with Gasteiger partial charge in [-0.05, 0) is 31.0 Å². The van der Waals surface area contributed by atoms with Crippen molar-refractivity contribution in [2.24, 2.45) is 0 Å².